The van der Waals surface area contributed by atoms with E-state index >= 15 is 0 Å². The standard InChI is InChI=1S/C13H16O5/c1-8(13(15)16)4-9-5-10(7-14)12(18-3)11(6-9)17-2/h5-8H,4H2,1-3H3,(H,15,16). The molecule has 0 radical (unpaired) electrons. The number of carbonyl (C=O) groups excluding carboxylic acids is 1. The topological polar surface area (TPSA) is 72.8 Å². The molecule has 0 amide bonds. The number of aliphatic carboxylic acids is 1. The maximum absolute atomic E-state index is 11.0. The second kappa shape index (κ2) is 6.05. The summed E-state index contributed by atoms with van der Waals surface area (Å²) < 4.78 is 10.2. The summed E-state index contributed by atoms with van der Waals surface area (Å²) in [4.78, 5) is 21.8. The van der Waals surface area contributed by atoms with Crippen molar-refractivity contribution >= 4 is 12.3 Å². The summed E-state index contributed by atoms with van der Waals surface area (Å²) in [6.07, 6.45) is 0.993. The summed E-state index contributed by atoms with van der Waals surface area (Å²) in [5, 5.41) is 8.87. The van der Waals surface area contributed by atoms with Crippen molar-refractivity contribution in [3.8, 4) is 11.5 Å². The average Bonchev–Trinajstić information content (AvgIpc) is 2.37. The number of methoxy groups -OCH3 is 2. The average molecular weight is 252 g/mol. The van der Waals surface area contributed by atoms with Gasteiger partial charge in [-0.2, -0.15) is 0 Å². The van der Waals surface area contributed by atoms with Crippen molar-refractivity contribution in [3.05, 3.63) is 23.3 Å². The summed E-state index contributed by atoms with van der Waals surface area (Å²) in [5.41, 5.74) is 1.08. The Balaban J connectivity index is 3.15. The van der Waals surface area contributed by atoms with E-state index in [9.17, 15) is 9.59 Å². The fourth-order valence-electron chi connectivity index (χ4n) is 1.70. The van der Waals surface area contributed by atoms with Gasteiger partial charge in [0, 0.05) is 0 Å². The normalized spacial score (nSPS) is 11.7. The van der Waals surface area contributed by atoms with Crippen LogP contribution in [0, 0.1) is 5.92 Å². The quantitative estimate of drug-likeness (QED) is 0.781. The van der Waals surface area contributed by atoms with E-state index in [0.717, 1.165) is 5.56 Å². The third kappa shape index (κ3) is 3.00. The van der Waals surface area contributed by atoms with Crippen molar-refractivity contribution in [1.29, 1.82) is 0 Å². The predicted molar refractivity (Wildman–Crippen MR) is 65.4 cm³/mol. The van der Waals surface area contributed by atoms with Gasteiger partial charge in [-0.3, -0.25) is 9.59 Å². The lowest BCUT2D eigenvalue weighted by Gasteiger charge is -2.13. The van der Waals surface area contributed by atoms with E-state index in [2.05, 4.69) is 0 Å². The van der Waals surface area contributed by atoms with Crippen molar-refractivity contribution in [3.63, 3.8) is 0 Å². The second-order valence-electron chi connectivity index (χ2n) is 3.98. The molecular formula is C13H16O5. The summed E-state index contributed by atoms with van der Waals surface area (Å²) in [5.74, 6) is -0.617. The van der Waals surface area contributed by atoms with Crippen LogP contribution in [0.3, 0.4) is 0 Å². The van der Waals surface area contributed by atoms with Crippen molar-refractivity contribution in [1.82, 2.24) is 0 Å². The maximum atomic E-state index is 11.0. The molecule has 1 rings (SSSR count). The fourth-order valence-corrected chi connectivity index (χ4v) is 1.70. The number of rotatable bonds is 6. The lowest BCUT2D eigenvalue weighted by Crippen LogP contribution is -2.12. The Morgan fingerprint density at radius 2 is 2.06 bits per heavy atom. The van der Waals surface area contributed by atoms with Crippen molar-refractivity contribution in [2.45, 2.75) is 13.3 Å². The molecule has 0 saturated heterocycles. The molecule has 1 aromatic rings. The van der Waals surface area contributed by atoms with Gasteiger partial charge < -0.3 is 14.6 Å². The van der Waals surface area contributed by atoms with Crippen LogP contribution in [0.4, 0.5) is 0 Å². The smallest absolute Gasteiger partial charge is 0.306 e. The van der Waals surface area contributed by atoms with Crippen LogP contribution in [0.25, 0.3) is 0 Å². The number of ether oxygens (including phenoxy) is 2. The van der Waals surface area contributed by atoms with Crippen LogP contribution in [-0.4, -0.2) is 31.6 Å². The van der Waals surface area contributed by atoms with Gasteiger partial charge in [0.15, 0.2) is 17.8 Å². The molecule has 5 nitrogen and oxygen atoms in total. The molecule has 1 aromatic carbocycles. The van der Waals surface area contributed by atoms with Crippen LogP contribution >= 0.6 is 0 Å². The van der Waals surface area contributed by atoms with Gasteiger partial charge >= 0.3 is 5.97 Å². The van der Waals surface area contributed by atoms with Gasteiger partial charge in [0.25, 0.3) is 0 Å². The van der Waals surface area contributed by atoms with E-state index in [1.807, 2.05) is 0 Å². The van der Waals surface area contributed by atoms with E-state index in [0.29, 0.717) is 29.8 Å². The third-order valence-electron chi connectivity index (χ3n) is 2.66. The maximum Gasteiger partial charge on any atom is 0.306 e. The van der Waals surface area contributed by atoms with Gasteiger partial charge in [0.05, 0.1) is 25.7 Å². The molecule has 0 spiro atoms. The number of hydrogen-bond acceptors (Lipinski definition) is 4. The van der Waals surface area contributed by atoms with Crippen LogP contribution < -0.4 is 9.47 Å². The first-order valence-corrected chi connectivity index (χ1v) is 5.46. The van der Waals surface area contributed by atoms with Crippen LogP contribution in [0.15, 0.2) is 12.1 Å². The molecule has 1 N–H and O–H groups in total. The van der Waals surface area contributed by atoms with Crippen LogP contribution in [0.1, 0.15) is 22.8 Å². The van der Waals surface area contributed by atoms with Gasteiger partial charge in [-0.1, -0.05) is 6.92 Å². The zero-order valence-corrected chi connectivity index (χ0v) is 10.6. The third-order valence-corrected chi connectivity index (χ3v) is 2.66. The molecule has 5 heteroatoms. The van der Waals surface area contributed by atoms with E-state index in [1.165, 1.54) is 14.2 Å². The summed E-state index contributed by atoms with van der Waals surface area (Å²) in [6, 6.07) is 3.30. The van der Waals surface area contributed by atoms with Crippen molar-refractivity contribution < 1.29 is 24.2 Å². The van der Waals surface area contributed by atoms with E-state index < -0.39 is 11.9 Å². The molecule has 0 aliphatic rings. The van der Waals surface area contributed by atoms with Gasteiger partial charge in [0.2, 0.25) is 0 Å². The van der Waals surface area contributed by atoms with Crippen LogP contribution in [-0.2, 0) is 11.2 Å². The van der Waals surface area contributed by atoms with Crippen LogP contribution in [0.5, 0.6) is 11.5 Å². The lowest BCUT2D eigenvalue weighted by atomic mass is 9.99. The lowest BCUT2D eigenvalue weighted by molar-refractivity contribution is -0.141. The minimum Gasteiger partial charge on any atom is -0.493 e. The number of carboxylic acids is 1. The molecule has 0 fully saturated rings. The first kappa shape index (κ1) is 14.0. The highest BCUT2D eigenvalue weighted by Gasteiger charge is 2.16. The zero-order valence-electron chi connectivity index (χ0n) is 10.6. The Kier molecular flexibility index (Phi) is 4.71. The molecule has 0 bridgehead atoms. The van der Waals surface area contributed by atoms with Gasteiger partial charge in [-0.05, 0) is 24.1 Å². The Hall–Kier alpha value is -2.04. The highest BCUT2D eigenvalue weighted by molar-refractivity contribution is 5.82. The Bertz CT molecular complexity index is 453. The molecule has 1 unspecified atom stereocenters. The van der Waals surface area contributed by atoms with Crippen molar-refractivity contribution in [2.75, 3.05) is 14.2 Å². The Labute approximate surface area is 105 Å². The molecule has 0 saturated carbocycles. The highest BCUT2D eigenvalue weighted by atomic mass is 16.5. The Morgan fingerprint density at radius 3 is 2.50 bits per heavy atom. The van der Waals surface area contributed by atoms with E-state index in [1.54, 1.807) is 19.1 Å². The Morgan fingerprint density at radius 1 is 1.39 bits per heavy atom. The van der Waals surface area contributed by atoms with E-state index in [-0.39, 0.29) is 0 Å². The molecule has 1 atom stereocenters. The zero-order chi connectivity index (χ0) is 13.7. The fraction of sp³-hybridized carbons (Fsp3) is 0.385. The molecule has 0 aliphatic heterocycles. The predicted octanol–water partition coefficient (Wildman–Crippen LogP) is 1.78. The van der Waals surface area contributed by atoms with Crippen molar-refractivity contribution in [2.24, 2.45) is 5.92 Å². The number of hydrogen-bond donors (Lipinski definition) is 1. The number of benzene rings is 1. The van der Waals surface area contributed by atoms with Gasteiger partial charge in [-0.25, -0.2) is 0 Å². The number of aldehydes is 1. The molecular weight excluding hydrogens is 236 g/mol. The second-order valence-corrected chi connectivity index (χ2v) is 3.98. The molecule has 18 heavy (non-hydrogen) atoms. The molecule has 0 aromatic heterocycles. The highest BCUT2D eigenvalue weighted by Crippen LogP contribution is 2.32. The molecule has 0 heterocycles. The number of carboxylic acid groups (broad SMARTS) is 1. The minimum absolute atomic E-state index is 0.330. The minimum atomic E-state index is -0.877. The molecule has 98 valence electrons. The largest absolute Gasteiger partial charge is 0.493 e. The SMILES string of the molecule is COc1cc(CC(C)C(=O)O)cc(C=O)c1OC. The summed E-state index contributed by atoms with van der Waals surface area (Å²) >= 11 is 0. The van der Waals surface area contributed by atoms with Gasteiger partial charge in [-0.15, -0.1) is 0 Å². The number of carbonyl (C=O) groups is 2. The molecule has 0 aliphatic carbocycles. The summed E-state index contributed by atoms with van der Waals surface area (Å²) in [6.45, 7) is 1.61. The summed E-state index contributed by atoms with van der Waals surface area (Å²) in [7, 11) is 2.92. The van der Waals surface area contributed by atoms with E-state index in [4.69, 9.17) is 14.6 Å². The van der Waals surface area contributed by atoms with Crippen LogP contribution in [0.2, 0.25) is 0 Å². The van der Waals surface area contributed by atoms with Gasteiger partial charge in [0.1, 0.15) is 0 Å². The first-order chi connectivity index (χ1) is 8.53. The monoisotopic (exact) mass is 252 g/mol. The first-order valence-electron chi connectivity index (χ1n) is 5.46.